The molecule has 0 bridgehead atoms. The molecule has 0 saturated carbocycles. The maximum Gasteiger partial charge on any atom is 0.587 e. The standard InChI is InChI=1S/C17H16F3N2O8P/c1-9-5-11(3)15(13(7-9)21(23)24)29-31(27,28-4)30-16-12(17(18,19)20)6-10(2)8-14(16)22(25)26/h5-8H,1-4H3. The summed E-state index contributed by atoms with van der Waals surface area (Å²) in [5.74, 6) is -1.98. The van der Waals surface area contributed by atoms with E-state index in [0.717, 1.165) is 19.2 Å². The van der Waals surface area contributed by atoms with Crippen LogP contribution in [0.1, 0.15) is 22.3 Å². The summed E-state index contributed by atoms with van der Waals surface area (Å²) in [5, 5.41) is 22.7. The number of hydrogen-bond acceptors (Lipinski definition) is 8. The summed E-state index contributed by atoms with van der Waals surface area (Å²) < 4.78 is 67.9. The van der Waals surface area contributed by atoms with Gasteiger partial charge in [-0.15, -0.1) is 0 Å². The van der Waals surface area contributed by atoms with E-state index in [4.69, 9.17) is 9.05 Å². The van der Waals surface area contributed by atoms with E-state index in [1.807, 2.05) is 0 Å². The molecule has 0 N–H and O–H groups in total. The van der Waals surface area contributed by atoms with E-state index < -0.39 is 52.3 Å². The quantitative estimate of drug-likeness (QED) is 0.291. The van der Waals surface area contributed by atoms with Crippen LogP contribution >= 0.6 is 7.82 Å². The molecule has 0 amide bonds. The second-order valence-corrected chi connectivity index (χ2v) is 8.04. The Bertz CT molecular complexity index is 1100. The minimum absolute atomic E-state index is 0.107. The van der Waals surface area contributed by atoms with Gasteiger partial charge < -0.3 is 9.05 Å². The predicted molar refractivity (Wildman–Crippen MR) is 101 cm³/mol. The number of nitro groups is 2. The Morgan fingerprint density at radius 1 is 0.871 bits per heavy atom. The van der Waals surface area contributed by atoms with Gasteiger partial charge in [-0.3, -0.25) is 24.8 Å². The van der Waals surface area contributed by atoms with Crippen molar-refractivity contribution in [3.05, 3.63) is 66.7 Å². The highest BCUT2D eigenvalue weighted by Gasteiger charge is 2.43. The summed E-state index contributed by atoms with van der Waals surface area (Å²) in [5.41, 5.74) is -2.91. The number of phosphoric ester groups is 1. The third-order valence-electron chi connectivity index (χ3n) is 3.94. The monoisotopic (exact) mass is 464 g/mol. The number of alkyl halides is 3. The first-order valence-electron chi connectivity index (χ1n) is 8.35. The van der Waals surface area contributed by atoms with Crippen LogP contribution in [0.25, 0.3) is 0 Å². The molecule has 0 radical (unpaired) electrons. The van der Waals surface area contributed by atoms with Gasteiger partial charge >= 0.3 is 25.4 Å². The predicted octanol–water partition coefficient (Wildman–Crippen LogP) is 5.66. The molecule has 14 heteroatoms. The second kappa shape index (κ2) is 8.52. The Kier molecular flexibility index (Phi) is 6.62. The van der Waals surface area contributed by atoms with Gasteiger partial charge in [-0.05, 0) is 43.5 Å². The molecule has 0 aliphatic rings. The van der Waals surface area contributed by atoms with E-state index in [2.05, 4.69) is 4.52 Å². The fourth-order valence-corrected chi connectivity index (χ4v) is 3.76. The van der Waals surface area contributed by atoms with Crippen LogP contribution in [0, 0.1) is 41.0 Å². The summed E-state index contributed by atoms with van der Waals surface area (Å²) in [4.78, 5) is 20.6. The maximum atomic E-state index is 13.5. The topological polar surface area (TPSA) is 131 Å². The number of phosphoric acid groups is 1. The van der Waals surface area contributed by atoms with E-state index in [1.54, 1.807) is 6.92 Å². The molecule has 1 atom stereocenters. The van der Waals surface area contributed by atoms with Gasteiger partial charge in [-0.2, -0.15) is 13.2 Å². The van der Waals surface area contributed by atoms with Gasteiger partial charge in [-0.1, -0.05) is 6.07 Å². The summed E-state index contributed by atoms with van der Waals surface area (Å²) in [7, 11) is -4.29. The van der Waals surface area contributed by atoms with Crippen molar-refractivity contribution < 1.29 is 41.2 Å². The number of hydrogen-bond donors (Lipinski definition) is 0. The summed E-state index contributed by atoms with van der Waals surface area (Å²) >= 11 is 0. The van der Waals surface area contributed by atoms with Crippen molar-refractivity contribution in [2.75, 3.05) is 7.11 Å². The number of halogens is 3. The van der Waals surface area contributed by atoms with E-state index >= 15 is 0 Å². The van der Waals surface area contributed by atoms with Gasteiger partial charge in [0.15, 0.2) is 0 Å². The molecule has 0 saturated heterocycles. The molecule has 2 rings (SSSR count). The van der Waals surface area contributed by atoms with Gasteiger partial charge in [0, 0.05) is 19.2 Å². The molecular formula is C17H16F3N2O8P. The van der Waals surface area contributed by atoms with Crippen LogP contribution in [0.3, 0.4) is 0 Å². The fraction of sp³-hybridized carbons (Fsp3) is 0.294. The average molecular weight is 464 g/mol. The molecule has 2 aromatic rings. The number of nitrogens with zero attached hydrogens (tertiary/aromatic N) is 2. The lowest BCUT2D eigenvalue weighted by Crippen LogP contribution is -2.13. The van der Waals surface area contributed by atoms with Crippen molar-refractivity contribution in [2.24, 2.45) is 0 Å². The highest BCUT2D eigenvalue weighted by Crippen LogP contribution is 2.55. The molecule has 2 aromatic carbocycles. The summed E-state index contributed by atoms with van der Waals surface area (Å²) in [6.45, 7) is 4.10. The van der Waals surface area contributed by atoms with E-state index in [0.29, 0.717) is 11.6 Å². The van der Waals surface area contributed by atoms with E-state index in [-0.39, 0.29) is 11.1 Å². The molecule has 1 unspecified atom stereocenters. The molecule has 10 nitrogen and oxygen atoms in total. The normalized spacial score (nSPS) is 13.4. The maximum absolute atomic E-state index is 13.5. The molecule has 0 heterocycles. The summed E-state index contributed by atoms with van der Waals surface area (Å²) in [6, 6.07) is 3.85. The minimum Gasteiger partial charge on any atom is -0.387 e. The number of rotatable bonds is 7. The lowest BCUT2D eigenvalue weighted by Gasteiger charge is -2.20. The molecular weight excluding hydrogens is 448 g/mol. The largest absolute Gasteiger partial charge is 0.587 e. The van der Waals surface area contributed by atoms with Crippen molar-refractivity contribution in [1.29, 1.82) is 0 Å². The third kappa shape index (κ3) is 5.30. The van der Waals surface area contributed by atoms with E-state index in [9.17, 15) is 38.0 Å². The number of nitro benzene ring substituents is 2. The van der Waals surface area contributed by atoms with Gasteiger partial charge in [0.2, 0.25) is 11.5 Å². The fourth-order valence-electron chi connectivity index (χ4n) is 2.70. The Morgan fingerprint density at radius 3 is 1.77 bits per heavy atom. The van der Waals surface area contributed by atoms with Gasteiger partial charge in [0.1, 0.15) is 5.56 Å². The Labute approximate surface area is 173 Å². The highest BCUT2D eigenvalue weighted by molar-refractivity contribution is 7.49. The van der Waals surface area contributed by atoms with Gasteiger partial charge in [0.05, 0.1) is 9.85 Å². The van der Waals surface area contributed by atoms with Crippen LogP contribution in [0.15, 0.2) is 24.3 Å². The first-order valence-corrected chi connectivity index (χ1v) is 9.81. The molecule has 0 spiro atoms. The van der Waals surface area contributed by atoms with E-state index in [1.165, 1.54) is 19.9 Å². The minimum atomic E-state index is -5.11. The average Bonchev–Trinajstić information content (AvgIpc) is 2.63. The summed E-state index contributed by atoms with van der Waals surface area (Å²) in [6.07, 6.45) is -5.11. The molecule has 0 aliphatic carbocycles. The van der Waals surface area contributed by atoms with Crippen molar-refractivity contribution in [3.63, 3.8) is 0 Å². The van der Waals surface area contributed by atoms with Crippen LogP contribution < -0.4 is 9.05 Å². The first-order chi connectivity index (χ1) is 14.2. The molecule has 31 heavy (non-hydrogen) atoms. The zero-order chi connectivity index (χ0) is 23.7. The van der Waals surface area contributed by atoms with Crippen molar-refractivity contribution >= 4 is 19.2 Å². The zero-order valence-corrected chi connectivity index (χ0v) is 17.4. The lowest BCUT2D eigenvalue weighted by molar-refractivity contribution is -0.385. The van der Waals surface area contributed by atoms with Crippen LogP contribution in [-0.4, -0.2) is 17.0 Å². The van der Waals surface area contributed by atoms with Crippen molar-refractivity contribution in [1.82, 2.24) is 0 Å². The van der Waals surface area contributed by atoms with Crippen LogP contribution in [0.5, 0.6) is 11.5 Å². The van der Waals surface area contributed by atoms with Crippen LogP contribution in [0.4, 0.5) is 24.5 Å². The highest BCUT2D eigenvalue weighted by atomic mass is 31.2. The van der Waals surface area contributed by atoms with Crippen LogP contribution in [-0.2, 0) is 15.3 Å². The lowest BCUT2D eigenvalue weighted by atomic mass is 10.1. The van der Waals surface area contributed by atoms with Crippen molar-refractivity contribution in [3.8, 4) is 11.5 Å². The number of aryl methyl sites for hydroxylation is 3. The smallest absolute Gasteiger partial charge is 0.387 e. The van der Waals surface area contributed by atoms with Crippen molar-refractivity contribution in [2.45, 2.75) is 26.9 Å². The Balaban J connectivity index is 2.66. The molecule has 0 fully saturated rings. The molecule has 0 aromatic heterocycles. The third-order valence-corrected chi connectivity index (χ3v) is 5.20. The van der Waals surface area contributed by atoms with Gasteiger partial charge in [-0.25, -0.2) is 4.57 Å². The van der Waals surface area contributed by atoms with Gasteiger partial charge in [0.25, 0.3) is 0 Å². The number of benzene rings is 2. The van der Waals surface area contributed by atoms with Crippen LogP contribution in [0.2, 0.25) is 0 Å². The SMILES string of the molecule is COP(=O)(Oc1c(C)cc(C)cc1[N+](=O)[O-])Oc1c([N+](=O)[O-])cc(C)cc1C(F)(F)F. The Morgan fingerprint density at radius 2 is 1.32 bits per heavy atom. The first kappa shape index (κ1) is 24.1. The molecule has 168 valence electrons. The second-order valence-electron chi connectivity index (χ2n) is 6.42. The Hall–Kier alpha value is -3.18. The molecule has 0 aliphatic heterocycles. The zero-order valence-electron chi connectivity index (χ0n) is 16.6.